The molecule has 3 N–H and O–H groups in total. The van der Waals surface area contributed by atoms with Gasteiger partial charge >= 0.3 is 6.18 Å². The highest BCUT2D eigenvalue weighted by Crippen LogP contribution is 2.26. The van der Waals surface area contributed by atoms with Crippen molar-refractivity contribution in [1.82, 2.24) is 10.3 Å². The Balaban J connectivity index is 3.08. The van der Waals surface area contributed by atoms with Gasteiger partial charge in [0, 0.05) is 0 Å². The maximum atomic E-state index is 12.7. The Labute approximate surface area is 115 Å². The van der Waals surface area contributed by atoms with Gasteiger partial charge in [0.2, 0.25) is 0 Å². The predicted molar refractivity (Wildman–Crippen MR) is 69.4 cm³/mol. The van der Waals surface area contributed by atoms with Gasteiger partial charge in [0.05, 0.1) is 6.54 Å². The Kier molecular flexibility index (Phi) is 5.97. The summed E-state index contributed by atoms with van der Waals surface area (Å²) in [5.74, 6) is 4.44. The van der Waals surface area contributed by atoms with Crippen LogP contribution in [0.5, 0.6) is 0 Å². The summed E-state index contributed by atoms with van der Waals surface area (Å²) in [5.41, 5.74) is 2.42. The number of nitrogens with zero attached hydrogens (tertiary/aromatic N) is 1. The highest BCUT2D eigenvalue weighted by molar-refractivity contribution is 5.82. The molecule has 20 heavy (non-hydrogen) atoms. The molecule has 0 aromatic heterocycles. The minimum atomic E-state index is -4.38. The van der Waals surface area contributed by atoms with Crippen molar-refractivity contribution >= 4 is 5.91 Å². The van der Waals surface area contributed by atoms with Gasteiger partial charge in [0.25, 0.3) is 5.91 Å². The number of nitrogens with one attached hydrogen (secondary N) is 1. The van der Waals surface area contributed by atoms with Gasteiger partial charge in [-0.15, -0.1) is 0 Å². The third-order valence-corrected chi connectivity index (χ3v) is 2.76. The molecule has 1 unspecified atom stereocenters. The first kappa shape index (κ1) is 16.5. The summed E-state index contributed by atoms with van der Waals surface area (Å²) >= 11 is 0. The molecule has 7 heteroatoms. The van der Waals surface area contributed by atoms with E-state index in [2.05, 4.69) is 0 Å². The first-order valence-corrected chi connectivity index (χ1v) is 6.25. The molecular formula is C13H18F3N3O. The highest BCUT2D eigenvalue weighted by atomic mass is 19.4. The third-order valence-electron chi connectivity index (χ3n) is 2.76. The molecule has 112 valence electrons. The zero-order valence-corrected chi connectivity index (χ0v) is 11.2. The number of benzene rings is 1. The van der Waals surface area contributed by atoms with Crippen molar-refractivity contribution in [3.63, 3.8) is 0 Å². The van der Waals surface area contributed by atoms with Gasteiger partial charge in [-0.25, -0.2) is 5.84 Å². The molecule has 1 atom stereocenters. The quantitative estimate of drug-likeness (QED) is 0.478. The molecule has 0 aliphatic heterocycles. The molecule has 0 fully saturated rings. The van der Waals surface area contributed by atoms with Gasteiger partial charge in [0.1, 0.15) is 6.04 Å². The van der Waals surface area contributed by atoms with Crippen molar-refractivity contribution in [2.75, 3.05) is 13.1 Å². The van der Waals surface area contributed by atoms with Crippen LogP contribution in [0, 0.1) is 0 Å². The number of hydrogen-bond donors (Lipinski definition) is 2. The monoisotopic (exact) mass is 289 g/mol. The Hall–Kier alpha value is -1.60. The molecular weight excluding hydrogens is 271 g/mol. The minimum Gasteiger partial charge on any atom is -0.293 e. The van der Waals surface area contributed by atoms with Gasteiger partial charge in [-0.3, -0.25) is 15.1 Å². The average Bonchev–Trinajstić information content (AvgIpc) is 2.38. The van der Waals surface area contributed by atoms with Gasteiger partial charge in [0.15, 0.2) is 0 Å². The van der Waals surface area contributed by atoms with Crippen molar-refractivity contribution in [3.8, 4) is 0 Å². The van der Waals surface area contributed by atoms with Crippen LogP contribution < -0.4 is 11.3 Å². The van der Waals surface area contributed by atoms with Crippen molar-refractivity contribution in [2.45, 2.75) is 25.6 Å². The molecule has 0 bridgehead atoms. The first-order valence-electron chi connectivity index (χ1n) is 6.25. The van der Waals surface area contributed by atoms with Crippen LogP contribution in [0.3, 0.4) is 0 Å². The molecule has 0 saturated carbocycles. The number of carbonyl (C=O) groups is 1. The van der Waals surface area contributed by atoms with E-state index in [4.69, 9.17) is 5.84 Å². The summed E-state index contributed by atoms with van der Waals surface area (Å²) in [7, 11) is 0. The smallest absolute Gasteiger partial charge is 0.293 e. The van der Waals surface area contributed by atoms with E-state index in [1.807, 2.05) is 5.43 Å². The highest BCUT2D eigenvalue weighted by Gasteiger charge is 2.36. The lowest BCUT2D eigenvalue weighted by Gasteiger charge is -2.31. The molecule has 0 heterocycles. The third kappa shape index (κ3) is 4.82. The number of rotatable bonds is 6. The molecule has 0 spiro atoms. The lowest BCUT2D eigenvalue weighted by molar-refractivity contribution is -0.155. The largest absolute Gasteiger partial charge is 0.401 e. The summed E-state index contributed by atoms with van der Waals surface area (Å²) in [6.07, 6.45) is -3.88. The van der Waals surface area contributed by atoms with E-state index >= 15 is 0 Å². The number of amides is 1. The maximum Gasteiger partial charge on any atom is 0.401 e. The van der Waals surface area contributed by atoms with Gasteiger partial charge in [-0.1, -0.05) is 37.3 Å². The van der Waals surface area contributed by atoms with E-state index in [0.717, 1.165) is 4.90 Å². The fourth-order valence-electron chi connectivity index (χ4n) is 2.06. The normalized spacial score (nSPS) is 13.3. The van der Waals surface area contributed by atoms with Crippen LogP contribution in [0.1, 0.15) is 24.9 Å². The van der Waals surface area contributed by atoms with Gasteiger partial charge < -0.3 is 0 Å². The summed E-state index contributed by atoms with van der Waals surface area (Å²) in [4.78, 5) is 13.0. The Morgan fingerprint density at radius 1 is 1.35 bits per heavy atom. The van der Waals surface area contributed by atoms with Gasteiger partial charge in [-0.05, 0) is 18.5 Å². The number of halogens is 3. The predicted octanol–water partition coefficient (Wildman–Crippen LogP) is 1.99. The minimum absolute atomic E-state index is 0.145. The number of alkyl halides is 3. The van der Waals surface area contributed by atoms with Crippen LogP contribution in [0.4, 0.5) is 13.2 Å². The SMILES string of the molecule is CCCN(CC(F)(F)F)C(C(=O)NN)c1ccccc1. The second-order valence-corrected chi connectivity index (χ2v) is 4.41. The van der Waals surface area contributed by atoms with E-state index < -0.39 is 24.7 Å². The molecule has 1 amide bonds. The van der Waals surface area contributed by atoms with Crippen LogP contribution in [0.25, 0.3) is 0 Å². The number of nitrogens with two attached hydrogens (primary N) is 1. The zero-order chi connectivity index (χ0) is 15.2. The first-order chi connectivity index (χ1) is 9.39. The molecule has 4 nitrogen and oxygen atoms in total. The summed E-state index contributed by atoms with van der Waals surface area (Å²) in [6, 6.07) is 7.24. The van der Waals surface area contributed by atoms with Crippen LogP contribution in [-0.2, 0) is 4.79 Å². The fraction of sp³-hybridized carbons (Fsp3) is 0.462. The van der Waals surface area contributed by atoms with Crippen LogP contribution in [-0.4, -0.2) is 30.1 Å². The van der Waals surface area contributed by atoms with Crippen LogP contribution in [0.2, 0.25) is 0 Å². The van der Waals surface area contributed by atoms with E-state index in [9.17, 15) is 18.0 Å². The summed E-state index contributed by atoms with van der Waals surface area (Å²) in [5, 5.41) is 0. The average molecular weight is 289 g/mol. The lowest BCUT2D eigenvalue weighted by atomic mass is 10.0. The van der Waals surface area contributed by atoms with E-state index in [1.165, 1.54) is 0 Å². The van der Waals surface area contributed by atoms with Gasteiger partial charge in [-0.2, -0.15) is 13.2 Å². The van der Waals surface area contributed by atoms with E-state index in [0.29, 0.717) is 12.0 Å². The number of hydrazine groups is 1. The Morgan fingerprint density at radius 2 is 1.95 bits per heavy atom. The number of carbonyl (C=O) groups excluding carboxylic acids is 1. The maximum absolute atomic E-state index is 12.7. The van der Waals surface area contributed by atoms with E-state index in [-0.39, 0.29) is 6.54 Å². The summed E-state index contributed by atoms with van der Waals surface area (Å²) in [6.45, 7) is 0.742. The zero-order valence-electron chi connectivity index (χ0n) is 11.2. The van der Waals surface area contributed by atoms with Crippen LogP contribution >= 0.6 is 0 Å². The second-order valence-electron chi connectivity index (χ2n) is 4.41. The van der Waals surface area contributed by atoms with Crippen molar-refractivity contribution < 1.29 is 18.0 Å². The molecule has 1 aromatic carbocycles. The number of hydrogen-bond acceptors (Lipinski definition) is 3. The Morgan fingerprint density at radius 3 is 2.40 bits per heavy atom. The topological polar surface area (TPSA) is 58.4 Å². The van der Waals surface area contributed by atoms with Crippen molar-refractivity contribution in [3.05, 3.63) is 35.9 Å². The molecule has 0 saturated heterocycles. The molecule has 1 aromatic rings. The summed E-state index contributed by atoms with van der Waals surface area (Å²) < 4.78 is 38.0. The van der Waals surface area contributed by atoms with Crippen molar-refractivity contribution in [1.29, 1.82) is 0 Å². The second kappa shape index (κ2) is 7.25. The Bertz CT molecular complexity index is 423. The van der Waals surface area contributed by atoms with E-state index in [1.54, 1.807) is 37.3 Å². The standard InChI is InChI=1S/C13H18F3N3O/c1-2-8-19(9-13(14,15)16)11(12(20)18-17)10-6-4-3-5-7-10/h3-7,11H,2,8-9,17H2,1H3,(H,18,20). The molecule has 0 aliphatic rings. The molecule has 1 rings (SSSR count). The lowest BCUT2D eigenvalue weighted by Crippen LogP contribution is -2.46. The fourth-order valence-corrected chi connectivity index (χ4v) is 2.06. The molecule has 0 aliphatic carbocycles. The van der Waals surface area contributed by atoms with Crippen molar-refractivity contribution in [2.24, 2.45) is 5.84 Å². The molecule has 0 radical (unpaired) electrons. The van der Waals surface area contributed by atoms with Crippen LogP contribution in [0.15, 0.2) is 30.3 Å².